The molecule has 2 aromatic heterocycles. The molecule has 0 fully saturated rings. The summed E-state index contributed by atoms with van der Waals surface area (Å²) < 4.78 is 29.0. The molecule has 0 aliphatic rings. The highest BCUT2D eigenvalue weighted by molar-refractivity contribution is 7.91. The Kier molecular flexibility index (Phi) is 4.10. The number of benzene rings is 1. The average Bonchev–Trinajstić information content (AvgIpc) is 3.17. The van der Waals surface area contributed by atoms with E-state index in [9.17, 15) is 8.42 Å². The van der Waals surface area contributed by atoms with Crippen LogP contribution in [0.5, 0.6) is 0 Å². The van der Waals surface area contributed by atoms with Crippen LogP contribution in [0.2, 0.25) is 0 Å². The summed E-state index contributed by atoms with van der Waals surface area (Å²) in [5.41, 5.74) is 1.83. The van der Waals surface area contributed by atoms with Crippen molar-refractivity contribution >= 4 is 21.4 Å². The number of hydrogen-bond donors (Lipinski definition) is 1. The van der Waals surface area contributed by atoms with Gasteiger partial charge in [0.15, 0.2) is 0 Å². The lowest BCUT2D eigenvalue weighted by Gasteiger charge is -2.06. The van der Waals surface area contributed by atoms with Crippen molar-refractivity contribution in [1.82, 2.24) is 14.5 Å². The predicted octanol–water partition coefficient (Wildman–Crippen LogP) is 2.72. The van der Waals surface area contributed by atoms with E-state index in [2.05, 4.69) is 9.82 Å². The monoisotopic (exact) mass is 333 g/mol. The molecule has 0 bridgehead atoms. The van der Waals surface area contributed by atoms with E-state index < -0.39 is 10.0 Å². The number of rotatable bonds is 5. The molecule has 0 aliphatic heterocycles. The van der Waals surface area contributed by atoms with Gasteiger partial charge in [-0.2, -0.15) is 5.10 Å². The SMILES string of the molecule is Cc1ccc(S(=O)(=O)NCc2ccc(-n3cccn3)cc2)s1. The summed E-state index contributed by atoms with van der Waals surface area (Å²) in [5, 5.41) is 4.15. The molecule has 0 spiro atoms. The first kappa shape index (κ1) is 15.0. The molecule has 2 heterocycles. The van der Waals surface area contributed by atoms with E-state index in [-0.39, 0.29) is 6.54 Å². The van der Waals surface area contributed by atoms with Gasteiger partial charge in [0.1, 0.15) is 4.21 Å². The summed E-state index contributed by atoms with van der Waals surface area (Å²) in [7, 11) is -3.44. The van der Waals surface area contributed by atoms with Crippen LogP contribution < -0.4 is 4.72 Å². The fraction of sp³-hybridized carbons (Fsp3) is 0.133. The van der Waals surface area contributed by atoms with E-state index in [1.54, 1.807) is 23.0 Å². The van der Waals surface area contributed by atoms with E-state index in [0.29, 0.717) is 4.21 Å². The van der Waals surface area contributed by atoms with Gasteiger partial charge in [-0.15, -0.1) is 11.3 Å². The number of nitrogens with one attached hydrogen (secondary N) is 1. The Morgan fingerprint density at radius 3 is 2.55 bits per heavy atom. The van der Waals surface area contributed by atoms with Crippen LogP contribution in [0.1, 0.15) is 10.4 Å². The molecule has 0 atom stereocenters. The Balaban J connectivity index is 1.69. The molecular formula is C15H15N3O2S2. The molecule has 0 radical (unpaired) electrons. The molecule has 114 valence electrons. The van der Waals surface area contributed by atoms with Crippen LogP contribution in [-0.2, 0) is 16.6 Å². The van der Waals surface area contributed by atoms with Crippen LogP contribution in [0.25, 0.3) is 5.69 Å². The molecule has 22 heavy (non-hydrogen) atoms. The van der Waals surface area contributed by atoms with Crippen molar-refractivity contribution in [2.24, 2.45) is 0 Å². The standard InChI is InChI=1S/C15H15N3O2S2/c1-12-3-8-15(21-12)22(19,20)17-11-13-4-6-14(7-5-13)18-10-2-9-16-18/h2-10,17H,11H2,1H3. The lowest BCUT2D eigenvalue weighted by Crippen LogP contribution is -2.22. The fourth-order valence-corrected chi connectivity index (χ4v) is 4.34. The van der Waals surface area contributed by atoms with Crippen LogP contribution in [0.4, 0.5) is 0 Å². The molecule has 0 unspecified atom stereocenters. The second-order valence-corrected chi connectivity index (χ2v) is 8.09. The molecule has 3 aromatic rings. The van der Waals surface area contributed by atoms with Crippen LogP contribution in [-0.4, -0.2) is 18.2 Å². The van der Waals surface area contributed by atoms with Crippen molar-refractivity contribution in [2.45, 2.75) is 17.7 Å². The Hall–Kier alpha value is -1.96. The summed E-state index contributed by atoms with van der Waals surface area (Å²) >= 11 is 1.27. The third-order valence-corrected chi connectivity index (χ3v) is 6.05. The van der Waals surface area contributed by atoms with Crippen molar-refractivity contribution in [3.05, 3.63) is 65.3 Å². The van der Waals surface area contributed by atoms with Gasteiger partial charge in [-0.3, -0.25) is 0 Å². The van der Waals surface area contributed by atoms with E-state index in [4.69, 9.17) is 0 Å². The van der Waals surface area contributed by atoms with Crippen molar-refractivity contribution in [2.75, 3.05) is 0 Å². The molecule has 0 aliphatic carbocycles. The van der Waals surface area contributed by atoms with Gasteiger partial charge in [-0.25, -0.2) is 17.8 Å². The quantitative estimate of drug-likeness (QED) is 0.781. The number of nitrogens with zero attached hydrogens (tertiary/aromatic N) is 2. The van der Waals surface area contributed by atoms with Crippen molar-refractivity contribution in [3.8, 4) is 5.69 Å². The molecule has 7 heteroatoms. The van der Waals surface area contributed by atoms with Gasteiger partial charge < -0.3 is 0 Å². The van der Waals surface area contributed by atoms with Crippen LogP contribution in [0.3, 0.4) is 0 Å². The lowest BCUT2D eigenvalue weighted by atomic mass is 10.2. The van der Waals surface area contributed by atoms with Gasteiger partial charge in [-0.1, -0.05) is 12.1 Å². The Morgan fingerprint density at radius 2 is 1.95 bits per heavy atom. The first-order valence-electron chi connectivity index (χ1n) is 6.70. The normalized spacial score (nSPS) is 11.7. The van der Waals surface area contributed by atoms with E-state index in [0.717, 1.165) is 16.1 Å². The first-order chi connectivity index (χ1) is 10.5. The zero-order chi connectivity index (χ0) is 15.6. The van der Waals surface area contributed by atoms with Gasteiger partial charge in [0.05, 0.1) is 5.69 Å². The highest BCUT2D eigenvalue weighted by Gasteiger charge is 2.15. The molecule has 0 saturated heterocycles. The number of sulfonamides is 1. The minimum atomic E-state index is -3.44. The largest absolute Gasteiger partial charge is 0.250 e. The summed E-state index contributed by atoms with van der Waals surface area (Å²) in [6.45, 7) is 2.15. The second-order valence-electron chi connectivity index (χ2n) is 4.81. The smallest absolute Gasteiger partial charge is 0.241 e. The number of aryl methyl sites for hydroxylation is 1. The molecule has 5 nitrogen and oxygen atoms in total. The first-order valence-corrected chi connectivity index (χ1v) is 9.00. The minimum absolute atomic E-state index is 0.263. The van der Waals surface area contributed by atoms with E-state index >= 15 is 0 Å². The maximum atomic E-state index is 12.2. The van der Waals surface area contributed by atoms with Gasteiger partial charge in [0, 0.05) is 23.8 Å². The van der Waals surface area contributed by atoms with Gasteiger partial charge in [0.25, 0.3) is 0 Å². The molecule has 0 saturated carbocycles. The third kappa shape index (κ3) is 3.27. The molecular weight excluding hydrogens is 318 g/mol. The lowest BCUT2D eigenvalue weighted by molar-refractivity contribution is 0.583. The summed E-state index contributed by atoms with van der Waals surface area (Å²) in [6, 6.07) is 12.9. The van der Waals surface area contributed by atoms with Crippen molar-refractivity contribution < 1.29 is 8.42 Å². The summed E-state index contributed by atoms with van der Waals surface area (Å²) in [4.78, 5) is 0.976. The third-order valence-electron chi connectivity index (χ3n) is 3.15. The van der Waals surface area contributed by atoms with Gasteiger partial charge >= 0.3 is 0 Å². The predicted molar refractivity (Wildman–Crippen MR) is 86.6 cm³/mol. The Morgan fingerprint density at radius 1 is 1.18 bits per heavy atom. The average molecular weight is 333 g/mol. The fourth-order valence-electron chi connectivity index (χ4n) is 1.99. The molecule has 0 amide bonds. The zero-order valence-electron chi connectivity index (χ0n) is 11.9. The minimum Gasteiger partial charge on any atom is -0.241 e. The van der Waals surface area contributed by atoms with Gasteiger partial charge in [-0.05, 0) is 42.8 Å². The van der Waals surface area contributed by atoms with Gasteiger partial charge in [0.2, 0.25) is 10.0 Å². The van der Waals surface area contributed by atoms with E-state index in [1.807, 2.05) is 43.5 Å². The van der Waals surface area contributed by atoms with Crippen molar-refractivity contribution in [1.29, 1.82) is 0 Å². The molecule has 1 N–H and O–H groups in total. The summed E-state index contributed by atoms with van der Waals surface area (Å²) in [5.74, 6) is 0. The zero-order valence-corrected chi connectivity index (χ0v) is 13.6. The Labute approximate surface area is 133 Å². The Bertz CT molecular complexity index is 851. The molecule has 1 aromatic carbocycles. The maximum Gasteiger partial charge on any atom is 0.250 e. The van der Waals surface area contributed by atoms with E-state index in [1.165, 1.54) is 11.3 Å². The number of hydrogen-bond acceptors (Lipinski definition) is 4. The highest BCUT2D eigenvalue weighted by atomic mass is 32.2. The maximum absolute atomic E-state index is 12.2. The van der Waals surface area contributed by atoms with Crippen LogP contribution in [0.15, 0.2) is 59.1 Å². The van der Waals surface area contributed by atoms with Crippen molar-refractivity contribution in [3.63, 3.8) is 0 Å². The topological polar surface area (TPSA) is 64.0 Å². The number of aromatic nitrogens is 2. The number of thiophene rings is 1. The highest BCUT2D eigenvalue weighted by Crippen LogP contribution is 2.20. The van der Waals surface area contributed by atoms with Crippen LogP contribution in [0, 0.1) is 6.92 Å². The summed E-state index contributed by atoms with van der Waals surface area (Å²) in [6.07, 6.45) is 3.57. The molecule has 3 rings (SSSR count). The van der Waals surface area contributed by atoms with Crippen LogP contribution >= 0.6 is 11.3 Å². The second kappa shape index (κ2) is 6.04.